The minimum atomic E-state index is 0.340. The second-order valence-corrected chi connectivity index (χ2v) is 6.50. The number of hydrogen-bond acceptors (Lipinski definition) is 3. The SMILES string of the molecule is CCC(NCC(C)(C)SC)C1CCOC1. The standard InChI is InChI=1S/C12H25NOS/c1-5-11(10-6-7-14-8-10)13-9-12(2,3)15-4/h10-11,13H,5-9H2,1-4H3. The Labute approximate surface area is 98.5 Å². The number of rotatable bonds is 6. The molecule has 0 aromatic carbocycles. The van der Waals surface area contributed by atoms with Gasteiger partial charge in [0.2, 0.25) is 0 Å². The Balaban J connectivity index is 2.33. The Hall–Kier alpha value is 0.270. The van der Waals surface area contributed by atoms with Gasteiger partial charge in [-0.15, -0.1) is 0 Å². The van der Waals surface area contributed by atoms with Gasteiger partial charge in [-0.3, -0.25) is 0 Å². The Morgan fingerprint density at radius 2 is 2.27 bits per heavy atom. The average Bonchev–Trinajstić information content (AvgIpc) is 2.72. The molecule has 0 aliphatic carbocycles. The van der Waals surface area contributed by atoms with E-state index in [1.165, 1.54) is 12.8 Å². The summed E-state index contributed by atoms with van der Waals surface area (Å²) in [6, 6.07) is 0.638. The molecular formula is C12H25NOS. The fraction of sp³-hybridized carbons (Fsp3) is 1.00. The maximum Gasteiger partial charge on any atom is 0.0509 e. The predicted molar refractivity (Wildman–Crippen MR) is 68.6 cm³/mol. The first-order valence-corrected chi connectivity index (χ1v) is 7.18. The molecule has 1 aliphatic heterocycles. The molecule has 1 N–H and O–H groups in total. The van der Waals surface area contributed by atoms with Gasteiger partial charge in [0, 0.05) is 23.9 Å². The van der Waals surface area contributed by atoms with Gasteiger partial charge in [-0.2, -0.15) is 11.8 Å². The van der Waals surface area contributed by atoms with Gasteiger partial charge in [-0.05, 0) is 38.9 Å². The maximum absolute atomic E-state index is 5.45. The van der Waals surface area contributed by atoms with Gasteiger partial charge < -0.3 is 10.1 Å². The summed E-state index contributed by atoms with van der Waals surface area (Å²) in [5.41, 5.74) is 0. The Kier molecular flexibility index (Phi) is 5.44. The minimum Gasteiger partial charge on any atom is -0.381 e. The molecule has 2 atom stereocenters. The second-order valence-electron chi connectivity index (χ2n) is 4.98. The van der Waals surface area contributed by atoms with E-state index in [-0.39, 0.29) is 0 Å². The molecule has 0 spiro atoms. The first-order valence-electron chi connectivity index (χ1n) is 5.95. The van der Waals surface area contributed by atoms with Crippen LogP contribution < -0.4 is 5.32 Å². The highest BCUT2D eigenvalue weighted by molar-refractivity contribution is 7.99. The molecule has 0 bridgehead atoms. The van der Waals surface area contributed by atoms with Crippen LogP contribution in [0.2, 0.25) is 0 Å². The zero-order chi connectivity index (χ0) is 11.3. The second kappa shape index (κ2) is 6.12. The van der Waals surface area contributed by atoms with Gasteiger partial charge in [0.1, 0.15) is 0 Å². The van der Waals surface area contributed by atoms with Crippen LogP contribution in [0.1, 0.15) is 33.6 Å². The van der Waals surface area contributed by atoms with Crippen LogP contribution in [0.3, 0.4) is 0 Å². The lowest BCUT2D eigenvalue weighted by Crippen LogP contribution is -2.42. The van der Waals surface area contributed by atoms with E-state index >= 15 is 0 Å². The lowest BCUT2D eigenvalue weighted by Gasteiger charge is -2.28. The highest BCUT2D eigenvalue weighted by Gasteiger charge is 2.26. The van der Waals surface area contributed by atoms with Crippen LogP contribution in [-0.2, 0) is 4.74 Å². The van der Waals surface area contributed by atoms with E-state index in [9.17, 15) is 0 Å². The molecule has 3 heteroatoms. The highest BCUT2D eigenvalue weighted by Crippen LogP contribution is 2.23. The molecule has 2 unspecified atom stereocenters. The molecule has 0 amide bonds. The lowest BCUT2D eigenvalue weighted by molar-refractivity contribution is 0.175. The Morgan fingerprint density at radius 3 is 2.73 bits per heavy atom. The van der Waals surface area contributed by atoms with Crippen molar-refractivity contribution < 1.29 is 4.74 Å². The van der Waals surface area contributed by atoms with Crippen molar-refractivity contribution in [1.82, 2.24) is 5.32 Å². The first-order chi connectivity index (χ1) is 7.09. The molecule has 0 aromatic heterocycles. The smallest absolute Gasteiger partial charge is 0.0509 e. The van der Waals surface area contributed by atoms with Crippen LogP contribution in [0.15, 0.2) is 0 Å². The molecule has 1 aliphatic rings. The van der Waals surface area contributed by atoms with Crippen molar-refractivity contribution in [1.29, 1.82) is 0 Å². The third-order valence-corrected chi connectivity index (χ3v) is 4.57. The van der Waals surface area contributed by atoms with E-state index in [4.69, 9.17) is 4.74 Å². The van der Waals surface area contributed by atoms with Gasteiger partial charge >= 0.3 is 0 Å². The zero-order valence-corrected chi connectivity index (χ0v) is 11.3. The van der Waals surface area contributed by atoms with Crippen molar-refractivity contribution in [2.75, 3.05) is 26.0 Å². The number of thioether (sulfide) groups is 1. The van der Waals surface area contributed by atoms with Crippen LogP contribution in [0.5, 0.6) is 0 Å². The summed E-state index contributed by atoms with van der Waals surface area (Å²) >= 11 is 1.93. The first kappa shape index (κ1) is 13.3. The third-order valence-electron chi connectivity index (χ3n) is 3.32. The molecule has 15 heavy (non-hydrogen) atoms. The normalized spacial score (nSPS) is 24.4. The lowest BCUT2D eigenvalue weighted by atomic mass is 9.96. The minimum absolute atomic E-state index is 0.340. The van der Waals surface area contributed by atoms with Crippen LogP contribution in [0.4, 0.5) is 0 Å². The van der Waals surface area contributed by atoms with E-state index in [1.54, 1.807) is 0 Å². The molecule has 0 saturated carbocycles. The highest BCUT2D eigenvalue weighted by atomic mass is 32.2. The molecule has 2 nitrogen and oxygen atoms in total. The summed E-state index contributed by atoms with van der Waals surface area (Å²) in [5, 5.41) is 3.70. The monoisotopic (exact) mass is 231 g/mol. The molecule has 90 valence electrons. The summed E-state index contributed by atoms with van der Waals surface area (Å²) < 4.78 is 5.79. The quantitative estimate of drug-likeness (QED) is 0.759. The van der Waals surface area contributed by atoms with E-state index in [0.717, 1.165) is 25.7 Å². The van der Waals surface area contributed by atoms with Crippen LogP contribution in [-0.4, -0.2) is 36.8 Å². The van der Waals surface area contributed by atoms with Crippen LogP contribution >= 0.6 is 11.8 Å². The maximum atomic E-state index is 5.45. The van der Waals surface area contributed by atoms with E-state index in [0.29, 0.717) is 10.8 Å². The molecule has 1 fully saturated rings. The van der Waals surface area contributed by atoms with Crippen LogP contribution in [0, 0.1) is 5.92 Å². The third kappa shape index (κ3) is 4.33. The van der Waals surface area contributed by atoms with Gasteiger partial charge in [-0.1, -0.05) is 6.92 Å². The number of hydrogen-bond donors (Lipinski definition) is 1. The van der Waals surface area contributed by atoms with Crippen molar-refractivity contribution in [3.05, 3.63) is 0 Å². The molecule has 0 aromatic rings. The predicted octanol–water partition coefficient (Wildman–Crippen LogP) is 2.53. The summed E-state index contributed by atoms with van der Waals surface area (Å²) in [6.07, 6.45) is 4.62. The fourth-order valence-electron chi connectivity index (χ4n) is 1.96. The summed E-state index contributed by atoms with van der Waals surface area (Å²) in [7, 11) is 0. The van der Waals surface area contributed by atoms with Crippen molar-refractivity contribution >= 4 is 11.8 Å². The summed E-state index contributed by atoms with van der Waals surface area (Å²) in [4.78, 5) is 0. The van der Waals surface area contributed by atoms with Crippen LogP contribution in [0.25, 0.3) is 0 Å². The van der Waals surface area contributed by atoms with E-state index in [1.807, 2.05) is 11.8 Å². The summed E-state index contributed by atoms with van der Waals surface area (Å²) in [6.45, 7) is 9.84. The average molecular weight is 231 g/mol. The Bertz CT molecular complexity index is 178. The molecule has 1 rings (SSSR count). The van der Waals surface area contributed by atoms with Gasteiger partial charge in [0.25, 0.3) is 0 Å². The van der Waals surface area contributed by atoms with E-state index in [2.05, 4.69) is 32.3 Å². The summed E-state index contributed by atoms with van der Waals surface area (Å²) in [5.74, 6) is 0.729. The van der Waals surface area contributed by atoms with Crippen molar-refractivity contribution in [3.63, 3.8) is 0 Å². The molecular weight excluding hydrogens is 206 g/mol. The number of nitrogens with one attached hydrogen (secondary N) is 1. The fourth-order valence-corrected chi connectivity index (χ4v) is 2.19. The molecule has 0 radical (unpaired) electrons. The number of ether oxygens (including phenoxy) is 1. The molecule has 1 saturated heterocycles. The largest absolute Gasteiger partial charge is 0.381 e. The van der Waals surface area contributed by atoms with Gasteiger partial charge in [0.05, 0.1) is 6.61 Å². The van der Waals surface area contributed by atoms with Gasteiger partial charge in [0.15, 0.2) is 0 Å². The topological polar surface area (TPSA) is 21.3 Å². The van der Waals surface area contributed by atoms with Crippen molar-refractivity contribution in [2.45, 2.75) is 44.4 Å². The van der Waals surface area contributed by atoms with Crippen molar-refractivity contribution in [3.8, 4) is 0 Å². The van der Waals surface area contributed by atoms with E-state index < -0.39 is 0 Å². The Morgan fingerprint density at radius 1 is 1.53 bits per heavy atom. The zero-order valence-electron chi connectivity index (χ0n) is 10.5. The van der Waals surface area contributed by atoms with Crippen molar-refractivity contribution in [2.24, 2.45) is 5.92 Å². The molecule has 1 heterocycles. The van der Waals surface area contributed by atoms with Gasteiger partial charge in [-0.25, -0.2) is 0 Å².